The van der Waals surface area contributed by atoms with Crippen LogP contribution in [0.1, 0.15) is 25.5 Å². The van der Waals surface area contributed by atoms with Crippen molar-refractivity contribution in [2.45, 2.75) is 20.0 Å². The number of rotatable bonds is 7. The maximum absolute atomic E-state index is 12.8. The number of methoxy groups -OCH3 is 1. The quantitative estimate of drug-likeness (QED) is 0.437. The maximum Gasteiger partial charge on any atom is 0.349 e. The molecule has 0 bridgehead atoms. The van der Waals surface area contributed by atoms with Gasteiger partial charge < -0.3 is 14.2 Å². The summed E-state index contributed by atoms with van der Waals surface area (Å²) < 4.78 is 15.9. The van der Waals surface area contributed by atoms with Crippen LogP contribution < -0.4 is 4.74 Å². The van der Waals surface area contributed by atoms with Gasteiger partial charge in [-0.3, -0.25) is 4.79 Å². The number of ether oxygens (including phenoxy) is 3. The topological polar surface area (TPSA) is 85.6 Å². The van der Waals surface area contributed by atoms with Crippen LogP contribution in [0.25, 0.3) is 0 Å². The minimum absolute atomic E-state index is 0.0847. The standard InChI is InChI=1S/C24H22ClNO5/c1-24(2)18(13-19(25)22(27)29-3)21(24)23(28)31-20(14-26)15-8-7-11-17(12-15)30-16-9-5-4-6-10-16/h4-13,18,20-21H,1-3H3/b19-13-/t18-,20+,21-/m0/s1. The van der Waals surface area contributed by atoms with Gasteiger partial charge in [0.05, 0.1) is 13.0 Å². The summed E-state index contributed by atoms with van der Waals surface area (Å²) in [4.78, 5) is 24.3. The van der Waals surface area contributed by atoms with Gasteiger partial charge in [0.2, 0.25) is 6.10 Å². The number of nitrogens with zero attached hydrogens (tertiary/aromatic N) is 1. The highest BCUT2D eigenvalue weighted by Crippen LogP contribution is 2.60. The highest BCUT2D eigenvalue weighted by Gasteiger charge is 2.62. The van der Waals surface area contributed by atoms with Crippen LogP contribution in [0.5, 0.6) is 11.5 Å². The molecule has 6 nitrogen and oxygen atoms in total. The molecule has 1 aliphatic rings. The predicted molar refractivity (Wildman–Crippen MR) is 114 cm³/mol. The molecule has 7 heteroatoms. The van der Waals surface area contributed by atoms with Gasteiger partial charge in [0.15, 0.2) is 0 Å². The lowest BCUT2D eigenvalue weighted by Gasteiger charge is -2.13. The SMILES string of the molecule is COC(=O)/C(Cl)=C/[C@H]1[C@@H](C(=O)O[C@H](C#N)c2cccc(Oc3ccccc3)c2)C1(C)C. The molecule has 0 aliphatic heterocycles. The molecule has 0 unspecified atom stereocenters. The van der Waals surface area contributed by atoms with Gasteiger partial charge in [-0.15, -0.1) is 0 Å². The van der Waals surface area contributed by atoms with E-state index in [2.05, 4.69) is 4.74 Å². The molecule has 31 heavy (non-hydrogen) atoms. The van der Waals surface area contributed by atoms with E-state index in [-0.39, 0.29) is 11.0 Å². The molecule has 0 aromatic heterocycles. The fourth-order valence-electron chi connectivity index (χ4n) is 3.49. The van der Waals surface area contributed by atoms with Gasteiger partial charge in [-0.25, -0.2) is 4.79 Å². The number of esters is 2. The highest BCUT2D eigenvalue weighted by atomic mass is 35.5. The van der Waals surface area contributed by atoms with Crippen molar-refractivity contribution < 1.29 is 23.8 Å². The lowest BCUT2D eigenvalue weighted by Crippen LogP contribution is -2.14. The second kappa shape index (κ2) is 9.23. The fraction of sp³-hybridized carbons (Fsp3) is 0.292. The van der Waals surface area contributed by atoms with Crippen LogP contribution in [0.15, 0.2) is 65.7 Å². The van der Waals surface area contributed by atoms with E-state index in [1.807, 2.05) is 50.2 Å². The van der Waals surface area contributed by atoms with Gasteiger partial charge in [0.1, 0.15) is 22.6 Å². The van der Waals surface area contributed by atoms with Crippen LogP contribution >= 0.6 is 11.6 Å². The van der Waals surface area contributed by atoms with Gasteiger partial charge in [0.25, 0.3) is 0 Å². The Morgan fingerprint density at radius 1 is 1.13 bits per heavy atom. The van der Waals surface area contributed by atoms with E-state index in [1.54, 1.807) is 24.3 Å². The summed E-state index contributed by atoms with van der Waals surface area (Å²) in [6, 6.07) is 18.1. The molecule has 0 saturated heterocycles. The first kappa shape index (κ1) is 22.4. The molecule has 0 radical (unpaired) electrons. The van der Waals surface area contributed by atoms with Crippen molar-refractivity contribution >= 4 is 23.5 Å². The second-order valence-corrected chi connectivity index (χ2v) is 8.17. The lowest BCUT2D eigenvalue weighted by molar-refractivity contribution is -0.149. The van der Waals surface area contributed by atoms with E-state index < -0.39 is 29.4 Å². The van der Waals surface area contributed by atoms with Crippen molar-refractivity contribution in [1.29, 1.82) is 5.26 Å². The first-order valence-corrected chi connectivity index (χ1v) is 10.0. The monoisotopic (exact) mass is 439 g/mol. The van der Waals surface area contributed by atoms with E-state index in [0.29, 0.717) is 17.1 Å². The zero-order valence-electron chi connectivity index (χ0n) is 17.4. The number of halogens is 1. The number of carbonyl (C=O) groups excluding carboxylic acids is 2. The van der Waals surface area contributed by atoms with Crippen LogP contribution in [0.4, 0.5) is 0 Å². The molecule has 3 rings (SSSR count). The molecular weight excluding hydrogens is 418 g/mol. The normalized spacial score (nSPS) is 20.2. The highest BCUT2D eigenvalue weighted by molar-refractivity contribution is 6.41. The summed E-state index contributed by atoms with van der Waals surface area (Å²) >= 11 is 5.94. The second-order valence-electron chi connectivity index (χ2n) is 7.76. The first-order valence-electron chi connectivity index (χ1n) is 9.66. The number of hydrogen-bond acceptors (Lipinski definition) is 6. The number of hydrogen-bond donors (Lipinski definition) is 0. The Bertz CT molecular complexity index is 1040. The molecule has 3 atom stereocenters. The minimum Gasteiger partial charge on any atom is -0.465 e. The van der Waals surface area contributed by atoms with Gasteiger partial charge in [-0.1, -0.05) is 61.9 Å². The van der Waals surface area contributed by atoms with Gasteiger partial charge in [-0.05, 0) is 35.6 Å². The zero-order valence-corrected chi connectivity index (χ0v) is 18.1. The van der Waals surface area contributed by atoms with Crippen LogP contribution in [0, 0.1) is 28.6 Å². The van der Waals surface area contributed by atoms with Crippen LogP contribution in [0.3, 0.4) is 0 Å². The summed E-state index contributed by atoms with van der Waals surface area (Å²) in [5.41, 5.74) is 0.0474. The average Bonchev–Trinajstić information content (AvgIpc) is 3.31. The summed E-state index contributed by atoms with van der Waals surface area (Å²) in [6.07, 6.45) is 0.415. The lowest BCUT2D eigenvalue weighted by atomic mass is 10.1. The maximum atomic E-state index is 12.8. The largest absolute Gasteiger partial charge is 0.465 e. The molecule has 1 fully saturated rings. The molecule has 1 saturated carbocycles. The molecule has 2 aromatic rings. The summed E-state index contributed by atoms with van der Waals surface area (Å²) in [6.45, 7) is 3.74. The number of benzene rings is 2. The third-order valence-electron chi connectivity index (χ3n) is 5.36. The average molecular weight is 440 g/mol. The molecule has 1 aliphatic carbocycles. The Hall–Kier alpha value is -3.30. The zero-order chi connectivity index (χ0) is 22.6. The first-order chi connectivity index (χ1) is 14.8. The van der Waals surface area contributed by atoms with Crippen molar-refractivity contribution in [1.82, 2.24) is 0 Å². The van der Waals surface area contributed by atoms with Gasteiger partial charge >= 0.3 is 11.9 Å². The molecule has 0 heterocycles. The van der Waals surface area contributed by atoms with Crippen molar-refractivity contribution in [2.24, 2.45) is 17.3 Å². The summed E-state index contributed by atoms with van der Waals surface area (Å²) in [5, 5.41) is 9.51. The summed E-state index contributed by atoms with van der Waals surface area (Å²) in [7, 11) is 1.23. The molecule has 0 N–H and O–H groups in total. The van der Waals surface area contributed by atoms with E-state index in [9.17, 15) is 14.9 Å². The van der Waals surface area contributed by atoms with Crippen LogP contribution in [0.2, 0.25) is 0 Å². The third-order valence-corrected chi connectivity index (χ3v) is 5.64. The number of allylic oxidation sites excluding steroid dienone is 1. The molecular formula is C24H22ClNO5. The Kier molecular flexibility index (Phi) is 6.67. The molecule has 160 valence electrons. The summed E-state index contributed by atoms with van der Waals surface area (Å²) in [5.74, 6) is -0.827. The number of carbonyl (C=O) groups is 2. The number of para-hydroxylation sites is 1. The smallest absolute Gasteiger partial charge is 0.349 e. The fourth-order valence-corrected chi connectivity index (χ4v) is 3.70. The molecule has 0 spiro atoms. The van der Waals surface area contributed by atoms with E-state index in [1.165, 1.54) is 13.2 Å². The van der Waals surface area contributed by atoms with Gasteiger partial charge in [0, 0.05) is 5.56 Å². The van der Waals surface area contributed by atoms with Crippen molar-refractivity contribution in [3.63, 3.8) is 0 Å². The van der Waals surface area contributed by atoms with E-state index in [0.717, 1.165) is 0 Å². The Morgan fingerprint density at radius 2 is 1.81 bits per heavy atom. The van der Waals surface area contributed by atoms with Gasteiger partial charge in [-0.2, -0.15) is 5.26 Å². The van der Waals surface area contributed by atoms with Crippen LogP contribution in [-0.2, 0) is 19.1 Å². The van der Waals surface area contributed by atoms with Crippen molar-refractivity contribution in [2.75, 3.05) is 7.11 Å². The Morgan fingerprint density at radius 3 is 2.45 bits per heavy atom. The Balaban J connectivity index is 1.71. The van der Waals surface area contributed by atoms with Crippen molar-refractivity contribution in [3.05, 3.63) is 71.3 Å². The van der Waals surface area contributed by atoms with Crippen molar-refractivity contribution in [3.8, 4) is 17.6 Å². The molecule has 2 aromatic carbocycles. The minimum atomic E-state index is -1.09. The number of nitriles is 1. The van der Waals surface area contributed by atoms with E-state index >= 15 is 0 Å². The van der Waals surface area contributed by atoms with E-state index in [4.69, 9.17) is 21.1 Å². The van der Waals surface area contributed by atoms with Crippen LogP contribution in [-0.4, -0.2) is 19.0 Å². The third kappa shape index (κ3) is 5.07. The molecule has 0 amide bonds. The predicted octanol–water partition coefficient (Wildman–Crippen LogP) is 5.15. The Labute approximate surface area is 186 Å².